The molecule has 1 N–H and O–H groups in total. The topological polar surface area (TPSA) is 102 Å². The molecule has 0 aliphatic rings. The summed E-state index contributed by atoms with van der Waals surface area (Å²) in [6.07, 6.45) is 0. The molecule has 182 valence electrons. The van der Waals surface area contributed by atoms with Crippen molar-refractivity contribution in [3.8, 4) is 17.1 Å². The number of aromatic nitrogens is 5. The van der Waals surface area contributed by atoms with Crippen LogP contribution in [0.3, 0.4) is 0 Å². The maximum atomic E-state index is 12.5. The lowest BCUT2D eigenvalue weighted by Crippen LogP contribution is -2.21. The van der Waals surface area contributed by atoms with E-state index in [9.17, 15) is 4.79 Å². The predicted octanol–water partition coefficient (Wildman–Crippen LogP) is 5.02. The molecule has 0 fully saturated rings. The molecule has 0 atom stereocenters. The van der Waals surface area contributed by atoms with E-state index in [2.05, 4.69) is 68.7 Å². The largest absolute Gasteiger partial charge is 0.408 e. The van der Waals surface area contributed by atoms with Crippen molar-refractivity contribution in [3.63, 3.8) is 0 Å². The van der Waals surface area contributed by atoms with E-state index in [-0.39, 0.29) is 23.6 Å². The van der Waals surface area contributed by atoms with E-state index in [4.69, 9.17) is 4.42 Å². The molecule has 2 aromatic carbocycles. The van der Waals surface area contributed by atoms with Crippen molar-refractivity contribution in [3.05, 3.63) is 60.5 Å². The lowest BCUT2D eigenvalue weighted by molar-refractivity contribution is -0.113. The highest BCUT2D eigenvalue weighted by atomic mass is 32.2. The summed E-state index contributed by atoms with van der Waals surface area (Å²) in [7, 11) is 0. The van der Waals surface area contributed by atoms with E-state index in [1.165, 1.54) is 11.8 Å². The van der Waals surface area contributed by atoms with Gasteiger partial charge in [-0.25, -0.2) is 0 Å². The lowest BCUT2D eigenvalue weighted by atomic mass is 10.1. The van der Waals surface area contributed by atoms with Gasteiger partial charge < -0.3 is 9.32 Å². The highest BCUT2D eigenvalue weighted by Gasteiger charge is 2.19. The van der Waals surface area contributed by atoms with Gasteiger partial charge in [0.25, 0.3) is 0 Å². The third-order valence-electron chi connectivity index (χ3n) is 5.42. The van der Waals surface area contributed by atoms with Crippen LogP contribution in [0.15, 0.2) is 64.2 Å². The van der Waals surface area contributed by atoms with Crippen LogP contribution in [0.4, 0.5) is 11.7 Å². The summed E-state index contributed by atoms with van der Waals surface area (Å²) in [5, 5.41) is 19.9. The Kier molecular flexibility index (Phi) is 7.81. The molecule has 0 spiro atoms. The number of nitrogens with one attached hydrogen (secondary N) is 1. The fourth-order valence-electron chi connectivity index (χ4n) is 3.57. The minimum atomic E-state index is -0.262. The Labute approximate surface area is 209 Å². The van der Waals surface area contributed by atoms with E-state index in [0.29, 0.717) is 16.9 Å². The number of benzene rings is 2. The van der Waals surface area contributed by atoms with E-state index in [1.807, 2.05) is 48.7 Å². The second-order valence-corrected chi connectivity index (χ2v) is 9.08. The smallest absolute Gasteiger partial charge is 0.322 e. The number of amides is 1. The highest BCUT2D eigenvalue weighted by molar-refractivity contribution is 7.99. The number of carbonyl (C=O) groups excluding carboxylic acids is 1. The molecule has 0 aliphatic heterocycles. The number of nitrogens with zero attached hydrogens (tertiary/aromatic N) is 6. The van der Waals surface area contributed by atoms with Gasteiger partial charge in [0.15, 0.2) is 11.0 Å². The molecule has 0 bridgehead atoms. The fraction of sp³-hybridized carbons (Fsp3) is 0.320. The Morgan fingerprint density at radius 3 is 2.34 bits per heavy atom. The minimum absolute atomic E-state index is 0.0893. The average molecular weight is 492 g/mol. The number of carbonyl (C=O) groups is 1. The Hall–Kier alpha value is -3.66. The van der Waals surface area contributed by atoms with Crippen LogP contribution >= 0.6 is 11.8 Å². The van der Waals surface area contributed by atoms with E-state index in [1.54, 1.807) is 0 Å². The van der Waals surface area contributed by atoms with Gasteiger partial charge in [0.1, 0.15) is 0 Å². The lowest BCUT2D eigenvalue weighted by Gasteiger charge is -2.21. The second kappa shape index (κ2) is 11.2. The molecule has 1 amide bonds. The summed E-state index contributed by atoms with van der Waals surface area (Å²) in [6.45, 7) is 10.1. The number of hydrogen-bond donors (Lipinski definition) is 1. The van der Waals surface area contributed by atoms with Crippen LogP contribution in [0.1, 0.15) is 39.5 Å². The zero-order valence-electron chi connectivity index (χ0n) is 20.3. The molecule has 35 heavy (non-hydrogen) atoms. The summed E-state index contributed by atoms with van der Waals surface area (Å²) in [5.74, 6) is 1.14. The fourth-order valence-corrected chi connectivity index (χ4v) is 4.33. The van der Waals surface area contributed by atoms with Crippen molar-refractivity contribution >= 4 is 29.4 Å². The molecular weight excluding hydrogens is 462 g/mol. The number of anilines is 2. The highest BCUT2D eigenvalue weighted by Crippen LogP contribution is 2.29. The predicted molar refractivity (Wildman–Crippen MR) is 138 cm³/mol. The zero-order chi connectivity index (χ0) is 24.8. The third kappa shape index (κ3) is 5.71. The summed E-state index contributed by atoms with van der Waals surface area (Å²) in [4.78, 5) is 14.8. The number of thioether (sulfide) groups is 1. The number of hydrogen-bond acceptors (Lipinski definition) is 8. The van der Waals surface area contributed by atoms with Gasteiger partial charge in [-0.05, 0) is 50.2 Å². The van der Waals surface area contributed by atoms with Crippen LogP contribution in [-0.4, -0.2) is 49.7 Å². The molecular formula is C25H29N7O2S. The molecule has 10 heteroatoms. The molecule has 0 aliphatic carbocycles. The summed E-state index contributed by atoms with van der Waals surface area (Å²) < 4.78 is 7.43. The van der Waals surface area contributed by atoms with Crippen LogP contribution in [0.2, 0.25) is 0 Å². The van der Waals surface area contributed by atoms with Crippen LogP contribution in [-0.2, 0) is 4.79 Å². The normalized spacial score (nSPS) is 11.1. The monoisotopic (exact) mass is 491 g/mol. The minimum Gasteiger partial charge on any atom is -0.408 e. The Balaban J connectivity index is 1.55. The van der Waals surface area contributed by atoms with Gasteiger partial charge >= 0.3 is 6.01 Å². The first kappa shape index (κ1) is 24.5. The molecule has 2 aromatic heterocycles. The van der Waals surface area contributed by atoms with Gasteiger partial charge in [-0.15, -0.1) is 15.3 Å². The summed E-state index contributed by atoms with van der Waals surface area (Å²) >= 11 is 1.29. The molecule has 0 saturated carbocycles. The van der Waals surface area contributed by atoms with Crippen molar-refractivity contribution < 1.29 is 9.21 Å². The molecule has 4 aromatic rings. The van der Waals surface area contributed by atoms with Crippen molar-refractivity contribution in [2.75, 3.05) is 29.1 Å². The summed E-state index contributed by atoms with van der Waals surface area (Å²) in [6, 6.07) is 18.3. The number of para-hydroxylation sites is 1. The standard InChI is InChI=1S/C25H29N7O2S/c1-5-31(6-2)19-14-12-18(13-15-19)22-27-30-25(32(22)20-10-8-7-9-11-20)35-16-21(33)26-24-29-28-23(34-24)17(3)4/h7-15,17H,5-6,16H2,1-4H3,(H,26,29,33). The number of rotatable bonds is 10. The molecule has 2 heterocycles. The molecule has 0 unspecified atom stereocenters. The Morgan fingerprint density at radius 2 is 1.71 bits per heavy atom. The molecule has 0 saturated heterocycles. The van der Waals surface area contributed by atoms with Gasteiger partial charge in [-0.3, -0.25) is 14.7 Å². The van der Waals surface area contributed by atoms with Gasteiger partial charge in [-0.2, -0.15) is 0 Å². The zero-order valence-corrected chi connectivity index (χ0v) is 21.1. The van der Waals surface area contributed by atoms with Crippen LogP contribution < -0.4 is 10.2 Å². The average Bonchev–Trinajstić information content (AvgIpc) is 3.52. The maximum absolute atomic E-state index is 12.5. The van der Waals surface area contributed by atoms with Crippen molar-refractivity contribution in [2.45, 2.75) is 38.8 Å². The molecule has 0 radical (unpaired) electrons. The Bertz CT molecular complexity index is 1250. The van der Waals surface area contributed by atoms with Gasteiger partial charge in [-0.1, -0.05) is 48.9 Å². The van der Waals surface area contributed by atoms with E-state index < -0.39 is 0 Å². The Morgan fingerprint density at radius 1 is 1.00 bits per heavy atom. The van der Waals surface area contributed by atoms with Crippen LogP contribution in [0.5, 0.6) is 0 Å². The quantitative estimate of drug-likeness (QED) is 0.309. The second-order valence-electron chi connectivity index (χ2n) is 8.13. The molecule has 4 rings (SSSR count). The van der Waals surface area contributed by atoms with Gasteiger partial charge in [0, 0.05) is 35.9 Å². The van der Waals surface area contributed by atoms with Crippen LogP contribution in [0.25, 0.3) is 17.1 Å². The van der Waals surface area contributed by atoms with Crippen molar-refractivity contribution in [1.29, 1.82) is 0 Å². The summed E-state index contributed by atoms with van der Waals surface area (Å²) in [5.41, 5.74) is 3.03. The van der Waals surface area contributed by atoms with Gasteiger partial charge in [0.2, 0.25) is 11.8 Å². The van der Waals surface area contributed by atoms with Crippen molar-refractivity contribution in [2.24, 2.45) is 0 Å². The van der Waals surface area contributed by atoms with Gasteiger partial charge in [0.05, 0.1) is 5.75 Å². The third-order valence-corrected chi connectivity index (χ3v) is 6.34. The first-order valence-corrected chi connectivity index (χ1v) is 12.6. The first-order valence-electron chi connectivity index (χ1n) is 11.6. The van der Waals surface area contributed by atoms with E-state index >= 15 is 0 Å². The van der Waals surface area contributed by atoms with E-state index in [0.717, 1.165) is 30.0 Å². The molecule has 9 nitrogen and oxygen atoms in total. The van der Waals surface area contributed by atoms with Crippen molar-refractivity contribution in [1.82, 2.24) is 25.0 Å². The first-order chi connectivity index (χ1) is 17.0. The maximum Gasteiger partial charge on any atom is 0.322 e. The SMILES string of the molecule is CCN(CC)c1ccc(-c2nnc(SCC(=O)Nc3nnc(C(C)C)o3)n2-c2ccccc2)cc1. The van der Waals surface area contributed by atoms with Crippen LogP contribution in [0, 0.1) is 0 Å².